The number of hydrogen-bond donors (Lipinski definition) is 0. The Balaban J connectivity index is 1.67. The molecule has 0 unspecified atom stereocenters. The minimum Gasteiger partial charge on any atom is -0.313 e. The first kappa shape index (κ1) is 21.7. The first-order chi connectivity index (χ1) is 14.5. The molecule has 4 nitrogen and oxygen atoms in total. The van der Waals surface area contributed by atoms with Gasteiger partial charge < -0.3 is 4.90 Å². The molecule has 0 aliphatic carbocycles. The lowest BCUT2D eigenvalue weighted by molar-refractivity contribution is -0.118. The number of aromatic nitrogens is 1. The van der Waals surface area contributed by atoms with Crippen molar-refractivity contribution in [3.8, 4) is 11.1 Å². The van der Waals surface area contributed by atoms with Gasteiger partial charge in [-0.2, -0.15) is 0 Å². The zero-order valence-electron chi connectivity index (χ0n) is 17.3. The van der Waals surface area contributed by atoms with Gasteiger partial charge in [0.15, 0.2) is 5.78 Å². The normalized spacial score (nSPS) is 10.6. The van der Waals surface area contributed by atoms with Gasteiger partial charge in [0, 0.05) is 36.8 Å². The Bertz CT molecular complexity index is 1010. The number of carbonyl (C=O) groups is 2. The standard InChI is InChI=1S/C25H25ClN2O2/c1-3-24(30)28(4-2)22-14-11-19(12-15-22)18-7-9-20(10-8-18)23(29)16-13-21-6-5-17-27-25(21)26/h5-12,14-15,17H,3-4,13,16H2,1-2H3. The summed E-state index contributed by atoms with van der Waals surface area (Å²) >= 11 is 6.06. The molecule has 3 rings (SSSR count). The molecule has 0 saturated carbocycles. The molecule has 2 aromatic carbocycles. The number of ketones is 1. The van der Waals surface area contributed by atoms with Crippen LogP contribution >= 0.6 is 11.6 Å². The van der Waals surface area contributed by atoms with Gasteiger partial charge in [0.2, 0.25) is 5.91 Å². The highest BCUT2D eigenvalue weighted by atomic mass is 35.5. The van der Waals surface area contributed by atoms with Crippen LogP contribution < -0.4 is 4.90 Å². The van der Waals surface area contributed by atoms with E-state index in [-0.39, 0.29) is 11.7 Å². The van der Waals surface area contributed by atoms with E-state index in [0.717, 1.165) is 22.4 Å². The Kier molecular flexibility index (Phi) is 7.36. The summed E-state index contributed by atoms with van der Waals surface area (Å²) in [5, 5.41) is 0.450. The van der Waals surface area contributed by atoms with Crippen LogP contribution in [0.5, 0.6) is 0 Å². The van der Waals surface area contributed by atoms with E-state index in [4.69, 9.17) is 11.6 Å². The first-order valence-corrected chi connectivity index (χ1v) is 10.5. The van der Waals surface area contributed by atoms with Crippen LogP contribution in [0.4, 0.5) is 5.69 Å². The summed E-state index contributed by atoms with van der Waals surface area (Å²) in [5.41, 5.74) is 4.53. The largest absolute Gasteiger partial charge is 0.313 e. The van der Waals surface area contributed by atoms with E-state index in [0.29, 0.717) is 36.5 Å². The van der Waals surface area contributed by atoms with Gasteiger partial charge in [-0.25, -0.2) is 4.98 Å². The van der Waals surface area contributed by atoms with Crippen LogP contribution in [0.1, 0.15) is 42.6 Å². The van der Waals surface area contributed by atoms with Crippen LogP contribution in [0, 0.1) is 0 Å². The lowest BCUT2D eigenvalue weighted by atomic mass is 9.99. The van der Waals surface area contributed by atoms with E-state index in [1.54, 1.807) is 11.1 Å². The zero-order chi connectivity index (χ0) is 21.5. The highest BCUT2D eigenvalue weighted by Crippen LogP contribution is 2.24. The average molecular weight is 421 g/mol. The second-order valence-electron chi connectivity index (χ2n) is 6.99. The monoisotopic (exact) mass is 420 g/mol. The summed E-state index contributed by atoms with van der Waals surface area (Å²) in [6.45, 7) is 4.49. The molecule has 0 fully saturated rings. The highest BCUT2D eigenvalue weighted by molar-refractivity contribution is 6.30. The van der Waals surface area contributed by atoms with Gasteiger partial charge >= 0.3 is 0 Å². The number of nitrogens with zero attached hydrogens (tertiary/aromatic N) is 2. The predicted molar refractivity (Wildman–Crippen MR) is 122 cm³/mol. The minimum absolute atomic E-state index is 0.0773. The van der Waals surface area contributed by atoms with Crippen molar-refractivity contribution >= 4 is 29.0 Å². The van der Waals surface area contributed by atoms with E-state index >= 15 is 0 Å². The van der Waals surface area contributed by atoms with E-state index in [2.05, 4.69) is 4.98 Å². The fourth-order valence-electron chi connectivity index (χ4n) is 3.37. The van der Waals surface area contributed by atoms with Crippen LogP contribution in [0.15, 0.2) is 66.9 Å². The molecule has 0 spiro atoms. The molecule has 0 aliphatic rings. The number of aryl methyl sites for hydroxylation is 1. The van der Waals surface area contributed by atoms with Crippen molar-refractivity contribution in [3.05, 3.63) is 83.1 Å². The molecule has 3 aromatic rings. The maximum atomic E-state index is 12.5. The molecule has 5 heteroatoms. The van der Waals surface area contributed by atoms with E-state index in [1.807, 2.05) is 74.5 Å². The Morgan fingerprint density at radius 1 is 0.933 bits per heavy atom. The van der Waals surface area contributed by atoms with E-state index in [9.17, 15) is 9.59 Å². The number of hydrogen-bond acceptors (Lipinski definition) is 3. The predicted octanol–water partition coefficient (Wildman–Crippen LogP) is 5.98. The van der Waals surface area contributed by atoms with Crippen molar-refractivity contribution in [2.45, 2.75) is 33.1 Å². The first-order valence-electron chi connectivity index (χ1n) is 10.2. The van der Waals surface area contributed by atoms with Gasteiger partial charge in [-0.05, 0) is 48.2 Å². The second kappa shape index (κ2) is 10.2. The van der Waals surface area contributed by atoms with Crippen LogP contribution in [0.2, 0.25) is 5.15 Å². The van der Waals surface area contributed by atoms with E-state index < -0.39 is 0 Å². The number of rotatable bonds is 8. The number of pyridine rings is 1. The summed E-state index contributed by atoms with van der Waals surface area (Å²) in [7, 11) is 0. The van der Waals surface area contributed by atoms with Gasteiger partial charge in [0.05, 0.1) is 0 Å². The summed E-state index contributed by atoms with van der Waals surface area (Å²) in [5.74, 6) is 0.189. The average Bonchev–Trinajstić information content (AvgIpc) is 2.79. The molecule has 0 aliphatic heterocycles. The molecule has 0 radical (unpaired) electrons. The van der Waals surface area contributed by atoms with Crippen molar-refractivity contribution in [3.63, 3.8) is 0 Å². The Morgan fingerprint density at radius 3 is 2.13 bits per heavy atom. The minimum atomic E-state index is 0.0773. The van der Waals surface area contributed by atoms with Crippen LogP contribution in [0.3, 0.4) is 0 Å². The molecule has 0 saturated heterocycles. The van der Waals surface area contributed by atoms with Crippen molar-refractivity contribution in [1.29, 1.82) is 0 Å². The summed E-state index contributed by atoms with van der Waals surface area (Å²) in [6.07, 6.45) is 3.08. The Hall–Kier alpha value is -2.98. The molecular formula is C25H25ClN2O2. The number of carbonyl (C=O) groups excluding carboxylic acids is 2. The molecule has 30 heavy (non-hydrogen) atoms. The number of Topliss-reactive ketones (excluding diaryl/α,β-unsaturated/α-hetero) is 1. The molecule has 1 aromatic heterocycles. The molecule has 0 N–H and O–H groups in total. The quantitative estimate of drug-likeness (QED) is 0.332. The van der Waals surface area contributed by atoms with Gasteiger partial charge in [0.1, 0.15) is 5.15 Å². The SMILES string of the molecule is CCC(=O)N(CC)c1ccc(-c2ccc(C(=O)CCc3cccnc3Cl)cc2)cc1. The molecule has 1 heterocycles. The van der Waals surface area contributed by atoms with Gasteiger partial charge in [-0.1, -0.05) is 61.0 Å². The molecule has 0 atom stereocenters. The van der Waals surface area contributed by atoms with Gasteiger partial charge in [0.25, 0.3) is 0 Å². The van der Waals surface area contributed by atoms with Crippen molar-refractivity contribution < 1.29 is 9.59 Å². The summed E-state index contributed by atoms with van der Waals surface area (Å²) < 4.78 is 0. The lowest BCUT2D eigenvalue weighted by Gasteiger charge is -2.20. The second-order valence-corrected chi connectivity index (χ2v) is 7.35. The third-order valence-corrected chi connectivity index (χ3v) is 5.44. The van der Waals surface area contributed by atoms with Gasteiger partial charge in [-0.3, -0.25) is 9.59 Å². The van der Waals surface area contributed by atoms with Crippen molar-refractivity contribution in [2.24, 2.45) is 0 Å². The highest BCUT2D eigenvalue weighted by Gasteiger charge is 2.12. The topological polar surface area (TPSA) is 50.3 Å². The van der Waals surface area contributed by atoms with Crippen molar-refractivity contribution in [2.75, 3.05) is 11.4 Å². The maximum Gasteiger partial charge on any atom is 0.226 e. The smallest absolute Gasteiger partial charge is 0.226 e. The van der Waals surface area contributed by atoms with Crippen molar-refractivity contribution in [1.82, 2.24) is 4.98 Å². The summed E-state index contributed by atoms with van der Waals surface area (Å²) in [6, 6.07) is 19.3. The molecular weight excluding hydrogens is 396 g/mol. The lowest BCUT2D eigenvalue weighted by Crippen LogP contribution is -2.29. The maximum absolute atomic E-state index is 12.5. The van der Waals surface area contributed by atoms with Gasteiger partial charge in [-0.15, -0.1) is 0 Å². The fourth-order valence-corrected chi connectivity index (χ4v) is 3.59. The van der Waals surface area contributed by atoms with Crippen LogP contribution in [-0.2, 0) is 11.2 Å². The summed E-state index contributed by atoms with van der Waals surface area (Å²) in [4.78, 5) is 30.4. The third kappa shape index (κ3) is 5.14. The number of benzene rings is 2. The van der Waals surface area contributed by atoms with Crippen LogP contribution in [0.25, 0.3) is 11.1 Å². The molecule has 1 amide bonds. The third-order valence-electron chi connectivity index (χ3n) is 5.10. The Morgan fingerprint density at radius 2 is 1.57 bits per heavy atom. The molecule has 154 valence electrons. The number of halogens is 1. The zero-order valence-corrected chi connectivity index (χ0v) is 18.0. The number of anilines is 1. The fraction of sp³-hybridized carbons (Fsp3) is 0.240. The number of amides is 1. The van der Waals surface area contributed by atoms with Crippen LogP contribution in [-0.4, -0.2) is 23.2 Å². The van der Waals surface area contributed by atoms with E-state index in [1.165, 1.54) is 0 Å². The Labute approximate surface area is 182 Å². The molecule has 0 bridgehead atoms.